The van der Waals surface area contributed by atoms with Crippen LogP contribution in [0.2, 0.25) is 5.02 Å². The summed E-state index contributed by atoms with van der Waals surface area (Å²) in [5, 5.41) is -0.557. The van der Waals surface area contributed by atoms with E-state index < -0.39 is 28.3 Å². The zero-order valence-corrected chi connectivity index (χ0v) is 9.93. The molecular weight excluding hydrogens is 273 g/mol. The number of carbonyl (C=O) groups is 2. The smallest absolute Gasteiger partial charge is 0.417 e. The molecule has 0 aromatic heterocycles. The predicted octanol–water partition coefficient (Wildman–Crippen LogP) is 3.35. The molecule has 0 atom stereocenters. The van der Waals surface area contributed by atoms with E-state index in [0.717, 1.165) is 6.07 Å². The Morgan fingerprint density at radius 3 is 2.50 bits per heavy atom. The molecule has 1 rings (SSSR count). The van der Waals surface area contributed by atoms with Gasteiger partial charge in [0, 0.05) is 5.56 Å². The van der Waals surface area contributed by atoms with Gasteiger partial charge in [0.15, 0.2) is 6.29 Å². The highest BCUT2D eigenvalue weighted by Gasteiger charge is 2.35. The van der Waals surface area contributed by atoms with Crippen molar-refractivity contribution in [1.82, 2.24) is 0 Å². The molecule has 0 heterocycles. The van der Waals surface area contributed by atoms with E-state index in [1.165, 1.54) is 6.92 Å². The van der Waals surface area contributed by atoms with Crippen molar-refractivity contribution in [2.45, 2.75) is 13.1 Å². The second-order valence-electron chi connectivity index (χ2n) is 3.22. The number of alkyl halides is 3. The number of benzene rings is 1. The van der Waals surface area contributed by atoms with Crippen LogP contribution in [0.1, 0.15) is 33.2 Å². The lowest BCUT2D eigenvalue weighted by Crippen LogP contribution is -2.13. The molecule has 1 aromatic carbocycles. The van der Waals surface area contributed by atoms with Crippen LogP contribution in [-0.4, -0.2) is 18.9 Å². The fraction of sp³-hybridized carbons (Fsp3) is 0.273. The van der Waals surface area contributed by atoms with Gasteiger partial charge >= 0.3 is 12.1 Å². The van der Waals surface area contributed by atoms with Crippen LogP contribution >= 0.6 is 11.6 Å². The Kier molecular flexibility index (Phi) is 4.34. The van der Waals surface area contributed by atoms with Gasteiger partial charge < -0.3 is 4.74 Å². The van der Waals surface area contributed by atoms with Crippen molar-refractivity contribution < 1.29 is 27.5 Å². The second kappa shape index (κ2) is 5.39. The average molecular weight is 281 g/mol. The third-order valence-electron chi connectivity index (χ3n) is 2.10. The maximum absolute atomic E-state index is 12.6. The first-order valence-corrected chi connectivity index (χ1v) is 5.22. The van der Waals surface area contributed by atoms with Crippen molar-refractivity contribution in [2.24, 2.45) is 0 Å². The molecule has 0 unspecified atom stereocenters. The number of esters is 1. The van der Waals surface area contributed by atoms with E-state index in [1.807, 2.05) is 0 Å². The summed E-state index contributed by atoms with van der Waals surface area (Å²) >= 11 is 5.62. The van der Waals surface area contributed by atoms with Crippen LogP contribution in [0.25, 0.3) is 0 Å². The lowest BCUT2D eigenvalue weighted by molar-refractivity contribution is -0.137. The first kappa shape index (κ1) is 14.5. The van der Waals surface area contributed by atoms with E-state index >= 15 is 0 Å². The molecule has 0 N–H and O–H groups in total. The number of halogens is 4. The first-order valence-electron chi connectivity index (χ1n) is 4.85. The van der Waals surface area contributed by atoms with Gasteiger partial charge in [-0.3, -0.25) is 4.79 Å². The third-order valence-corrected chi connectivity index (χ3v) is 2.51. The lowest BCUT2D eigenvalue weighted by Gasteiger charge is -2.12. The Balaban J connectivity index is 3.38. The van der Waals surface area contributed by atoms with Gasteiger partial charge in [-0.15, -0.1) is 0 Å². The average Bonchev–Trinajstić information content (AvgIpc) is 2.27. The number of hydrogen-bond acceptors (Lipinski definition) is 3. The summed E-state index contributed by atoms with van der Waals surface area (Å²) in [5.41, 5.74) is -2.22. The first-order chi connectivity index (χ1) is 8.32. The van der Waals surface area contributed by atoms with E-state index in [9.17, 15) is 22.8 Å². The quantitative estimate of drug-likeness (QED) is 0.630. The zero-order valence-electron chi connectivity index (χ0n) is 9.18. The van der Waals surface area contributed by atoms with E-state index in [1.54, 1.807) is 0 Å². The number of carbonyl (C=O) groups excluding carboxylic acids is 2. The van der Waals surface area contributed by atoms with Crippen molar-refractivity contribution in [1.29, 1.82) is 0 Å². The molecule has 0 aliphatic carbocycles. The summed E-state index contributed by atoms with van der Waals surface area (Å²) in [6, 6.07) is 1.51. The van der Waals surface area contributed by atoms with E-state index in [4.69, 9.17) is 11.6 Å². The van der Waals surface area contributed by atoms with Crippen LogP contribution in [0.4, 0.5) is 13.2 Å². The normalized spacial score (nSPS) is 11.2. The fourth-order valence-corrected chi connectivity index (χ4v) is 1.61. The highest BCUT2D eigenvalue weighted by Crippen LogP contribution is 2.35. The van der Waals surface area contributed by atoms with Crippen molar-refractivity contribution >= 4 is 23.9 Å². The highest BCUT2D eigenvalue weighted by molar-refractivity contribution is 6.36. The summed E-state index contributed by atoms with van der Waals surface area (Å²) in [6.45, 7) is 1.59. The SMILES string of the molecule is CCOC(=O)c1ccc(C(F)(F)F)c(C=O)c1Cl. The molecule has 98 valence electrons. The van der Waals surface area contributed by atoms with Crippen molar-refractivity contribution in [3.05, 3.63) is 33.8 Å². The number of hydrogen-bond donors (Lipinski definition) is 0. The molecule has 18 heavy (non-hydrogen) atoms. The summed E-state index contributed by atoms with van der Waals surface area (Å²) in [5.74, 6) is -0.876. The Labute approximate surface area is 105 Å². The van der Waals surface area contributed by atoms with E-state index in [-0.39, 0.29) is 18.5 Å². The zero-order chi connectivity index (χ0) is 13.9. The summed E-state index contributed by atoms with van der Waals surface area (Å²) < 4.78 is 42.3. The second-order valence-corrected chi connectivity index (χ2v) is 3.60. The van der Waals surface area contributed by atoms with Crippen molar-refractivity contribution in [3.8, 4) is 0 Å². The Morgan fingerprint density at radius 1 is 1.44 bits per heavy atom. The van der Waals surface area contributed by atoms with Crippen LogP contribution in [-0.2, 0) is 10.9 Å². The Morgan fingerprint density at radius 2 is 2.06 bits per heavy atom. The number of aldehydes is 1. The molecular formula is C11H8ClF3O3. The summed E-state index contributed by atoms with van der Waals surface area (Å²) in [7, 11) is 0. The molecule has 0 saturated heterocycles. The van der Waals surface area contributed by atoms with Gasteiger partial charge in [0.2, 0.25) is 0 Å². The predicted molar refractivity (Wildman–Crippen MR) is 57.8 cm³/mol. The third kappa shape index (κ3) is 2.81. The minimum absolute atomic E-state index is 0.0338. The molecule has 0 aliphatic rings. The van der Waals surface area contributed by atoms with Crippen LogP contribution in [0, 0.1) is 0 Å². The Bertz CT molecular complexity index is 483. The van der Waals surface area contributed by atoms with Crippen LogP contribution in [0.3, 0.4) is 0 Å². The van der Waals surface area contributed by atoms with Gasteiger partial charge in [0.1, 0.15) is 0 Å². The molecule has 0 bridgehead atoms. The number of ether oxygens (including phenoxy) is 1. The molecule has 0 spiro atoms. The van der Waals surface area contributed by atoms with Gasteiger partial charge in [-0.1, -0.05) is 11.6 Å². The maximum atomic E-state index is 12.6. The topological polar surface area (TPSA) is 43.4 Å². The van der Waals surface area contributed by atoms with Crippen LogP contribution in [0.15, 0.2) is 12.1 Å². The summed E-state index contributed by atoms with van der Waals surface area (Å²) in [6.07, 6.45) is -4.75. The maximum Gasteiger partial charge on any atom is 0.417 e. The Hall–Kier alpha value is -1.56. The molecule has 0 saturated carbocycles. The monoisotopic (exact) mass is 280 g/mol. The van der Waals surface area contributed by atoms with Gasteiger partial charge in [-0.05, 0) is 19.1 Å². The molecule has 0 fully saturated rings. The van der Waals surface area contributed by atoms with Crippen molar-refractivity contribution in [2.75, 3.05) is 6.61 Å². The van der Waals surface area contributed by atoms with Crippen LogP contribution in [0.5, 0.6) is 0 Å². The van der Waals surface area contributed by atoms with Gasteiger partial charge in [0.05, 0.1) is 22.8 Å². The molecule has 7 heteroatoms. The molecule has 3 nitrogen and oxygen atoms in total. The van der Waals surface area contributed by atoms with Gasteiger partial charge in [-0.25, -0.2) is 4.79 Å². The molecule has 0 aliphatic heterocycles. The molecule has 1 aromatic rings. The fourth-order valence-electron chi connectivity index (χ4n) is 1.32. The lowest BCUT2D eigenvalue weighted by atomic mass is 10.0. The van der Waals surface area contributed by atoms with Gasteiger partial charge in [0.25, 0.3) is 0 Å². The molecule has 0 amide bonds. The largest absolute Gasteiger partial charge is 0.462 e. The van der Waals surface area contributed by atoms with E-state index in [0.29, 0.717) is 6.07 Å². The van der Waals surface area contributed by atoms with Crippen molar-refractivity contribution in [3.63, 3.8) is 0 Å². The van der Waals surface area contributed by atoms with E-state index in [2.05, 4.69) is 4.74 Å². The summed E-state index contributed by atoms with van der Waals surface area (Å²) in [4.78, 5) is 22.1. The minimum Gasteiger partial charge on any atom is -0.462 e. The van der Waals surface area contributed by atoms with Gasteiger partial charge in [-0.2, -0.15) is 13.2 Å². The molecule has 0 radical (unpaired) electrons. The number of rotatable bonds is 3. The van der Waals surface area contributed by atoms with Crippen LogP contribution < -0.4 is 0 Å². The highest BCUT2D eigenvalue weighted by atomic mass is 35.5. The standard InChI is InChI=1S/C11H8ClF3O3/c1-2-18-10(17)6-3-4-8(11(13,14)15)7(5-16)9(6)12/h3-5H,2H2,1H3. The minimum atomic E-state index is -4.72.